The molecule has 100 valence electrons. The molecule has 1 aromatic rings. The number of ether oxygens (including phenoxy) is 2. The molecule has 0 heterocycles. The van der Waals surface area contributed by atoms with Crippen molar-refractivity contribution in [1.29, 1.82) is 0 Å². The molecule has 0 radical (unpaired) electrons. The highest BCUT2D eigenvalue weighted by atomic mass is 79.9. The van der Waals surface area contributed by atoms with Crippen molar-refractivity contribution in [2.24, 2.45) is 0 Å². The average molecular weight is 314 g/mol. The minimum Gasteiger partial charge on any atom is -0.493 e. The largest absolute Gasteiger partial charge is 0.493 e. The van der Waals surface area contributed by atoms with Crippen molar-refractivity contribution in [2.75, 3.05) is 14.2 Å². The number of nitrogens with one attached hydrogen (secondary N) is 1. The first-order valence-corrected chi connectivity index (χ1v) is 7.21. The van der Waals surface area contributed by atoms with Crippen molar-refractivity contribution in [2.45, 2.75) is 38.3 Å². The van der Waals surface area contributed by atoms with Gasteiger partial charge in [-0.05, 0) is 66.4 Å². The molecule has 1 saturated carbocycles. The van der Waals surface area contributed by atoms with Crippen LogP contribution in [-0.4, -0.2) is 20.3 Å². The highest BCUT2D eigenvalue weighted by molar-refractivity contribution is 9.10. The monoisotopic (exact) mass is 313 g/mol. The minimum atomic E-state index is 0.338. The molecule has 18 heavy (non-hydrogen) atoms. The van der Waals surface area contributed by atoms with E-state index in [9.17, 15) is 0 Å². The van der Waals surface area contributed by atoms with Gasteiger partial charge in [0, 0.05) is 6.54 Å². The van der Waals surface area contributed by atoms with E-state index in [-0.39, 0.29) is 0 Å². The number of hydrogen-bond acceptors (Lipinski definition) is 3. The fraction of sp³-hybridized carbons (Fsp3) is 0.571. The van der Waals surface area contributed by atoms with Gasteiger partial charge in [-0.2, -0.15) is 0 Å². The summed E-state index contributed by atoms with van der Waals surface area (Å²) in [6.45, 7) is 0.818. The molecule has 1 aliphatic carbocycles. The Labute approximate surface area is 117 Å². The molecule has 0 amide bonds. The highest BCUT2D eigenvalue weighted by Gasteiger charge is 2.20. The molecule has 1 N–H and O–H groups in total. The molecule has 0 aromatic heterocycles. The van der Waals surface area contributed by atoms with Crippen molar-refractivity contribution < 1.29 is 9.47 Å². The van der Waals surface area contributed by atoms with E-state index in [1.165, 1.54) is 18.4 Å². The fourth-order valence-corrected chi connectivity index (χ4v) is 2.95. The van der Waals surface area contributed by atoms with Crippen molar-refractivity contribution in [3.8, 4) is 11.5 Å². The van der Waals surface area contributed by atoms with Gasteiger partial charge in [-0.3, -0.25) is 0 Å². The van der Waals surface area contributed by atoms with Crippen LogP contribution in [0.2, 0.25) is 0 Å². The average Bonchev–Trinajstić information content (AvgIpc) is 2.85. The second kappa shape index (κ2) is 6.43. The molecule has 2 rings (SSSR count). The van der Waals surface area contributed by atoms with Crippen molar-refractivity contribution >= 4 is 15.9 Å². The van der Waals surface area contributed by atoms with Crippen LogP contribution >= 0.6 is 15.9 Å². The van der Waals surface area contributed by atoms with Gasteiger partial charge < -0.3 is 14.8 Å². The van der Waals surface area contributed by atoms with Gasteiger partial charge in [-0.15, -0.1) is 0 Å². The molecule has 3 nitrogen and oxygen atoms in total. The van der Waals surface area contributed by atoms with Gasteiger partial charge in [0.05, 0.1) is 17.7 Å². The Balaban J connectivity index is 2.21. The first-order valence-electron chi connectivity index (χ1n) is 6.42. The zero-order valence-corrected chi connectivity index (χ0v) is 12.5. The van der Waals surface area contributed by atoms with Crippen LogP contribution in [0.5, 0.6) is 11.5 Å². The van der Waals surface area contributed by atoms with E-state index in [1.54, 1.807) is 7.11 Å². The number of methoxy groups -OCH3 is 1. The minimum absolute atomic E-state index is 0.338. The van der Waals surface area contributed by atoms with Crippen LogP contribution in [0.4, 0.5) is 0 Å². The predicted molar refractivity (Wildman–Crippen MR) is 76.3 cm³/mol. The van der Waals surface area contributed by atoms with Crippen molar-refractivity contribution in [3.05, 3.63) is 22.2 Å². The molecule has 0 saturated heterocycles. The molecule has 1 fully saturated rings. The van der Waals surface area contributed by atoms with Gasteiger partial charge in [-0.1, -0.05) is 0 Å². The summed E-state index contributed by atoms with van der Waals surface area (Å²) in [5, 5.41) is 3.14. The summed E-state index contributed by atoms with van der Waals surface area (Å²) in [6.07, 6.45) is 5.16. The van der Waals surface area contributed by atoms with E-state index >= 15 is 0 Å². The quantitative estimate of drug-likeness (QED) is 0.902. The van der Waals surface area contributed by atoms with E-state index in [0.29, 0.717) is 6.10 Å². The zero-order valence-electron chi connectivity index (χ0n) is 11.0. The molecular formula is C14H20BrNO2. The second-order valence-electron chi connectivity index (χ2n) is 4.66. The van der Waals surface area contributed by atoms with Gasteiger partial charge in [0.15, 0.2) is 11.5 Å². The molecule has 0 unspecified atom stereocenters. The van der Waals surface area contributed by atoms with Gasteiger partial charge in [-0.25, -0.2) is 0 Å². The van der Waals surface area contributed by atoms with Crippen LogP contribution in [0.25, 0.3) is 0 Å². The Kier molecular flexibility index (Phi) is 4.89. The van der Waals surface area contributed by atoms with Crippen molar-refractivity contribution in [1.82, 2.24) is 5.32 Å². The number of halogens is 1. The Bertz CT molecular complexity index is 403. The molecule has 0 atom stereocenters. The third kappa shape index (κ3) is 3.18. The lowest BCUT2D eigenvalue weighted by atomic mass is 10.2. The molecular weight excluding hydrogens is 294 g/mol. The zero-order chi connectivity index (χ0) is 13.0. The first-order chi connectivity index (χ1) is 8.74. The third-order valence-electron chi connectivity index (χ3n) is 3.26. The van der Waals surface area contributed by atoms with E-state index in [0.717, 1.165) is 35.4 Å². The van der Waals surface area contributed by atoms with Crippen LogP contribution in [-0.2, 0) is 6.54 Å². The molecule has 0 spiro atoms. The van der Waals surface area contributed by atoms with Gasteiger partial charge in [0.1, 0.15) is 0 Å². The number of benzene rings is 1. The summed E-state index contributed by atoms with van der Waals surface area (Å²) in [7, 11) is 3.62. The lowest BCUT2D eigenvalue weighted by Crippen LogP contribution is -2.12. The SMILES string of the molecule is CNCc1cc(Br)c(OC2CCCC2)c(OC)c1. The molecule has 1 aromatic carbocycles. The number of rotatable bonds is 5. The number of hydrogen-bond donors (Lipinski definition) is 1. The van der Waals surface area contributed by atoms with E-state index in [2.05, 4.69) is 27.3 Å². The predicted octanol–water partition coefficient (Wildman–Crippen LogP) is 3.50. The van der Waals surface area contributed by atoms with E-state index in [4.69, 9.17) is 9.47 Å². The normalized spacial score (nSPS) is 15.9. The first kappa shape index (κ1) is 13.7. The van der Waals surface area contributed by atoms with Gasteiger partial charge in [0.25, 0.3) is 0 Å². The molecule has 4 heteroatoms. The Morgan fingerprint density at radius 1 is 1.33 bits per heavy atom. The summed E-state index contributed by atoms with van der Waals surface area (Å²) >= 11 is 3.58. The van der Waals surface area contributed by atoms with Crippen LogP contribution in [0.1, 0.15) is 31.2 Å². The summed E-state index contributed by atoms with van der Waals surface area (Å²) in [5.41, 5.74) is 1.18. The lowest BCUT2D eigenvalue weighted by molar-refractivity contribution is 0.199. The highest BCUT2D eigenvalue weighted by Crippen LogP contribution is 2.39. The lowest BCUT2D eigenvalue weighted by Gasteiger charge is -2.18. The van der Waals surface area contributed by atoms with E-state index in [1.807, 2.05) is 13.1 Å². The third-order valence-corrected chi connectivity index (χ3v) is 3.85. The second-order valence-corrected chi connectivity index (χ2v) is 5.52. The fourth-order valence-electron chi connectivity index (χ4n) is 2.37. The van der Waals surface area contributed by atoms with Gasteiger partial charge in [0.2, 0.25) is 0 Å². The Morgan fingerprint density at radius 2 is 2.06 bits per heavy atom. The van der Waals surface area contributed by atoms with Crippen LogP contribution in [0.15, 0.2) is 16.6 Å². The molecule has 1 aliphatic rings. The smallest absolute Gasteiger partial charge is 0.175 e. The topological polar surface area (TPSA) is 30.5 Å². The van der Waals surface area contributed by atoms with Crippen molar-refractivity contribution in [3.63, 3.8) is 0 Å². The van der Waals surface area contributed by atoms with Crippen LogP contribution < -0.4 is 14.8 Å². The van der Waals surface area contributed by atoms with Crippen LogP contribution in [0.3, 0.4) is 0 Å². The summed E-state index contributed by atoms with van der Waals surface area (Å²) in [6, 6.07) is 4.12. The molecule has 0 aliphatic heterocycles. The maximum absolute atomic E-state index is 6.07. The van der Waals surface area contributed by atoms with E-state index < -0.39 is 0 Å². The molecule has 0 bridgehead atoms. The van der Waals surface area contributed by atoms with Gasteiger partial charge >= 0.3 is 0 Å². The maximum Gasteiger partial charge on any atom is 0.175 e. The Hall–Kier alpha value is -0.740. The van der Waals surface area contributed by atoms with Crippen LogP contribution in [0, 0.1) is 0 Å². The summed E-state index contributed by atoms with van der Waals surface area (Å²) in [4.78, 5) is 0. The summed E-state index contributed by atoms with van der Waals surface area (Å²) in [5.74, 6) is 1.64. The summed E-state index contributed by atoms with van der Waals surface area (Å²) < 4.78 is 12.5. The standard InChI is InChI=1S/C14H20BrNO2/c1-16-9-10-7-12(15)14(13(8-10)17-2)18-11-5-3-4-6-11/h7-8,11,16H,3-6,9H2,1-2H3. The Morgan fingerprint density at radius 3 is 2.67 bits per heavy atom. The maximum atomic E-state index is 6.07.